The number of hydrogen-bond acceptors (Lipinski definition) is 9. The Bertz CT molecular complexity index is 827. The predicted molar refractivity (Wildman–Crippen MR) is 123 cm³/mol. The summed E-state index contributed by atoms with van der Waals surface area (Å²) in [6.07, 6.45) is 0.366. The number of nitrogens with zero attached hydrogens (tertiary/aromatic N) is 3. The first-order chi connectivity index (χ1) is 13.9. The van der Waals surface area contributed by atoms with Crippen molar-refractivity contribution in [3.05, 3.63) is 31.5 Å². The first-order valence-electron chi connectivity index (χ1n) is 9.38. The molecule has 0 saturated carbocycles. The summed E-state index contributed by atoms with van der Waals surface area (Å²) in [7, 11) is 0. The largest absolute Gasteiger partial charge is 0.336 e. The summed E-state index contributed by atoms with van der Waals surface area (Å²) in [5.74, 6) is -0.628. The fraction of sp³-hybridized carbons (Fsp3) is 0.667. The van der Waals surface area contributed by atoms with Crippen molar-refractivity contribution in [3.8, 4) is 0 Å². The third kappa shape index (κ3) is 7.02. The topological polar surface area (TPSA) is 117 Å². The standard InChI is InChI=1S/C18H27N3O6S3/c1-10(22)13(28)4-7-19-16(25)20(8-5-14(29)11(2)23)18(27)21(17(19)26)9-6-15(30)12(3)24/h13-15,28-30H,4-9H2,1-3H3. The summed E-state index contributed by atoms with van der Waals surface area (Å²) in [4.78, 5) is 72.7. The van der Waals surface area contributed by atoms with Gasteiger partial charge in [-0.1, -0.05) is 0 Å². The van der Waals surface area contributed by atoms with E-state index >= 15 is 0 Å². The first-order valence-corrected chi connectivity index (χ1v) is 10.9. The van der Waals surface area contributed by atoms with Crippen LogP contribution in [0.4, 0.5) is 0 Å². The summed E-state index contributed by atoms with van der Waals surface area (Å²) in [6.45, 7) is 3.72. The molecule has 0 aliphatic carbocycles. The Hall–Kier alpha value is -1.53. The van der Waals surface area contributed by atoms with Crippen LogP contribution in [0.15, 0.2) is 14.4 Å². The van der Waals surface area contributed by atoms with E-state index in [4.69, 9.17) is 0 Å². The van der Waals surface area contributed by atoms with Gasteiger partial charge in [-0.3, -0.25) is 14.4 Å². The van der Waals surface area contributed by atoms with Crippen LogP contribution in [0.25, 0.3) is 0 Å². The highest BCUT2D eigenvalue weighted by atomic mass is 32.1. The lowest BCUT2D eigenvalue weighted by Crippen LogP contribution is -2.55. The molecule has 1 heterocycles. The third-order valence-electron chi connectivity index (χ3n) is 4.67. The zero-order chi connectivity index (χ0) is 23.2. The Morgan fingerprint density at radius 3 is 0.967 bits per heavy atom. The first kappa shape index (κ1) is 26.5. The number of aromatic nitrogens is 3. The average molecular weight is 478 g/mol. The number of carbonyl (C=O) groups is 3. The molecule has 0 saturated heterocycles. The molecule has 0 fully saturated rings. The minimum Gasteiger partial charge on any atom is -0.299 e. The van der Waals surface area contributed by atoms with Crippen LogP contribution < -0.4 is 17.1 Å². The molecule has 168 valence electrons. The molecule has 30 heavy (non-hydrogen) atoms. The van der Waals surface area contributed by atoms with Crippen molar-refractivity contribution < 1.29 is 14.4 Å². The average Bonchev–Trinajstić information content (AvgIpc) is 2.66. The van der Waals surface area contributed by atoms with Gasteiger partial charge in [0.1, 0.15) is 17.3 Å². The molecule has 0 amide bonds. The predicted octanol–water partition coefficient (Wildman–Crippen LogP) is 0.00420. The van der Waals surface area contributed by atoms with E-state index in [0.717, 1.165) is 13.7 Å². The molecule has 9 nitrogen and oxygen atoms in total. The number of Topliss-reactive ketones (excluding diaryl/α,β-unsaturated/α-hetero) is 3. The Morgan fingerprint density at radius 1 is 0.600 bits per heavy atom. The molecule has 1 aromatic rings. The molecule has 0 aromatic carbocycles. The van der Waals surface area contributed by atoms with E-state index in [2.05, 4.69) is 37.9 Å². The number of hydrogen-bond donors (Lipinski definition) is 3. The molecule has 0 spiro atoms. The van der Waals surface area contributed by atoms with Crippen molar-refractivity contribution in [2.75, 3.05) is 0 Å². The molecular weight excluding hydrogens is 450 g/mol. The van der Waals surface area contributed by atoms with Crippen LogP contribution in [0, 0.1) is 0 Å². The van der Waals surface area contributed by atoms with E-state index in [0.29, 0.717) is 0 Å². The van der Waals surface area contributed by atoms with Crippen molar-refractivity contribution in [2.45, 2.75) is 75.4 Å². The fourth-order valence-electron chi connectivity index (χ4n) is 2.62. The highest BCUT2D eigenvalue weighted by molar-refractivity contribution is 7.82. The van der Waals surface area contributed by atoms with Crippen molar-refractivity contribution in [1.29, 1.82) is 0 Å². The van der Waals surface area contributed by atoms with Gasteiger partial charge in [0.25, 0.3) is 0 Å². The molecule has 3 atom stereocenters. The van der Waals surface area contributed by atoms with E-state index in [1.165, 1.54) is 20.8 Å². The molecule has 1 aromatic heterocycles. The van der Waals surface area contributed by atoms with Crippen molar-refractivity contribution >= 4 is 55.2 Å². The van der Waals surface area contributed by atoms with Gasteiger partial charge in [-0.2, -0.15) is 37.9 Å². The van der Waals surface area contributed by atoms with Crippen LogP contribution in [0.3, 0.4) is 0 Å². The lowest BCUT2D eigenvalue weighted by Gasteiger charge is -2.16. The van der Waals surface area contributed by atoms with Crippen LogP contribution in [-0.2, 0) is 34.0 Å². The molecule has 0 aliphatic rings. The van der Waals surface area contributed by atoms with E-state index in [1.807, 2.05) is 0 Å². The Kier molecular flexibility index (Phi) is 10.4. The van der Waals surface area contributed by atoms with Gasteiger partial charge in [0.15, 0.2) is 0 Å². The summed E-state index contributed by atoms with van der Waals surface area (Å²) < 4.78 is 2.61. The van der Waals surface area contributed by atoms with E-state index < -0.39 is 32.8 Å². The van der Waals surface area contributed by atoms with Crippen LogP contribution in [0.2, 0.25) is 0 Å². The highest BCUT2D eigenvalue weighted by Crippen LogP contribution is 2.06. The Balaban J connectivity index is 3.40. The van der Waals surface area contributed by atoms with Crippen molar-refractivity contribution in [3.63, 3.8) is 0 Å². The lowest BCUT2D eigenvalue weighted by molar-refractivity contribution is -0.117. The van der Waals surface area contributed by atoms with Gasteiger partial charge in [0, 0.05) is 19.6 Å². The monoisotopic (exact) mass is 477 g/mol. The molecule has 0 N–H and O–H groups in total. The Labute approximate surface area is 190 Å². The van der Waals surface area contributed by atoms with Crippen LogP contribution in [0.5, 0.6) is 0 Å². The molecule has 12 heteroatoms. The molecular formula is C18H27N3O6S3. The molecule has 0 radical (unpaired) electrons. The lowest BCUT2D eigenvalue weighted by atomic mass is 10.2. The van der Waals surface area contributed by atoms with E-state index in [1.54, 1.807) is 0 Å². The van der Waals surface area contributed by atoms with Crippen LogP contribution >= 0.6 is 37.9 Å². The number of rotatable bonds is 12. The number of ketones is 3. The maximum Gasteiger partial charge on any atom is 0.336 e. The molecule has 3 unspecified atom stereocenters. The molecule has 1 rings (SSSR count). The zero-order valence-electron chi connectivity index (χ0n) is 17.1. The number of thiol groups is 3. The Morgan fingerprint density at radius 2 is 0.800 bits per heavy atom. The van der Waals surface area contributed by atoms with Crippen molar-refractivity contribution in [1.82, 2.24) is 13.7 Å². The smallest absolute Gasteiger partial charge is 0.299 e. The van der Waals surface area contributed by atoms with Gasteiger partial charge in [-0.05, 0) is 40.0 Å². The fourth-order valence-corrected chi connectivity index (χ4v) is 2.97. The van der Waals surface area contributed by atoms with Gasteiger partial charge in [0.2, 0.25) is 0 Å². The molecule has 0 bridgehead atoms. The van der Waals surface area contributed by atoms with Gasteiger partial charge in [-0.15, -0.1) is 0 Å². The summed E-state index contributed by atoms with van der Waals surface area (Å²) in [6, 6.07) is 0. The maximum atomic E-state index is 12.8. The second-order valence-electron chi connectivity index (χ2n) is 7.05. The van der Waals surface area contributed by atoms with Crippen LogP contribution in [-0.4, -0.2) is 46.8 Å². The SMILES string of the molecule is CC(=O)C(S)CCn1c(=O)n(CCC(S)C(C)=O)c(=O)n(CCC(S)C(C)=O)c1=O. The summed E-state index contributed by atoms with van der Waals surface area (Å²) in [5, 5.41) is -1.99. The summed E-state index contributed by atoms with van der Waals surface area (Å²) in [5.41, 5.74) is -2.49. The van der Waals surface area contributed by atoms with Crippen molar-refractivity contribution in [2.24, 2.45) is 0 Å². The second-order valence-corrected chi connectivity index (χ2v) is 8.92. The molecule has 0 aliphatic heterocycles. The van der Waals surface area contributed by atoms with E-state index in [9.17, 15) is 28.8 Å². The van der Waals surface area contributed by atoms with Crippen LogP contribution in [0.1, 0.15) is 40.0 Å². The zero-order valence-corrected chi connectivity index (χ0v) is 19.8. The second kappa shape index (κ2) is 11.8. The minimum atomic E-state index is -0.830. The quantitative estimate of drug-likeness (QED) is 0.365. The van der Waals surface area contributed by atoms with E-state index in [-0.39, 0.29) is 56.2 Å². The van der Waals surface area contributed by atoms with Gasteiger partial charge in [-0.25, -0.2) is 28.1 Å². The van der Waals surface area contributed by atoms with Gasteiger partial charge in [0.05, 0.1) is 15.7 Å². The van der Waals surface area contributed by atoms with Gasteiger partial charge < -0.3 is 0 Å². The minimum absolute atomic E-state index is 0.111. The normalized spacial score (nSPS) is 14.2. The summed E-state index contributed by atoms with van der Waals surface area (Å²) >= 11 is 12.4. The van der Waals surface area contributed by atoms with Gasteiger partial charge >= 0.3 is 17.1 Å². The third-order valence-corrected chi connectivity index (χ3v) is 6.54. The highest BCUT2D eigenvalue weighted by Gasteiger charge is 2.20. The number of carbonyl (C=O) groups excluding carboxylic acids is 3. The maximum absolute atomic E-state index is 12.8.